The van der Waals surface area contributed by atoms with Crippen LogP contribution in [0.3, 0.4) is 0 Å². The average Bonchev–Trinajstić information content (AvgIpc) is 2.16. The first-order chi connectivity index (χ1) is 7.42. The predicted molar refractivity (Wildman–Crippen MR) is 62.0 cm³/mol. The van der Waals surface area contributed by atoms with Gasteiger partial charge >= 0.3 is 5.97 Å². The van der Waals surface area contributed by atoms with E-state index in [1.807, 2.05) is 30.3 Å². The summed E-state index contributed by atoms with van der Waals surface area (Å²) in [6.45, 7) is 3.38. The van der Waals surface area contributed by atoms with Crippen molar-refractivity contribution in [1.82, 2.24) is 0 Å². The highest BCUT2D eigenvalue weighted by Crippen LogP contribution is 2.27. The lowest BCUT2D eigenvalue weighted by Gasteiger charge is -2.24. The Morgan fingerprint density at radius 1 is 1.38 bits per heavy atom. The first-order valence-electron chi connectivity index (χ1n) is 5.10. The summed E-state index contributed by atoms with van der Waals surface area (Å²) >= 11 is 0. The van der Waals surface area contributed by atoms with Crippen molar-refractivity contribution in [1.29, 1.82) is 0 Å². The lowest BCUT2D eigenvalue weighted by Crippen LogP contribution is -2.21. The SMILES string of the molecule is C/C(=C/C(=O)O)CC(C)(O)c1ccccc1. The van der Waals surface area contributed by atoms with E-state index < -0.39 is 11.6 Å². The first-order valence-corrected chi connectivity index (χ1v) is 5.10. The Hall–Kier alpha value is -1.61. The van der Waals surface area contributed by atoms with Crippen LogP contribution in [0.25, 0.3) is 0 Å². The van der Waals surface area contributed by atoms with E-state index in [-0.39, 0.29) is 0 Å². The molecule has 3 nitrogen and oxygen atoms in total. The molecule has 1 rings (SSSR count). The summed E-state index contributed by atoms with van der Waals surface area (Å²) in [4.78, 5) is 10.5. The van der Waals surface area contributed by atoms with Crippen LogP contribution in [0.1, 0.15) is 25.8 Å². The van der Waals surface area contributed by atoms with Gasteiger partial charge < -0.3 is 10.2 Å². The van der Waals surface area contributed by atoms with Crippen LogP contribution in [0, 0.1) is 0 Å². The van der Waals surface area contributed by atoms with Gasteiger partial charge in [-0.3, -0.25) is 0 Å². The molecule has 0 amide bonds. The Morgan fingerprint density at radius 3 is 2.44 bits per heavy atom. The van der Waals surface area contributed by atoms with Crippen molar-refractivity contribution in [3.8, 4) is 0 Å². The molecule has 0 radical (unpaired) electrons. The van der Waals surface area contributed by atoms with E-state index in [2.05, 4.69) is 0 Å². The number of hydrogen-bond donors (Lipinski definition) is 2. The maximum Gasteiger partial charge on any atom is 0.328 e. The van der Waals surface area contributed by atoms with Gasteiger partial charge in [0.05, 0.1) is 5.60 Å². The van der Waals surface area contributed by atoms with Gasteiger partial charge in [0.2, 0.25) is 0 Å². The molecule has 0 aliphatic heterocycles. The van der Waals surface area contributed by atoms with E-state index in [1.165, 1.54) is 0 Å². The Morgan fingerprint density at radius 2 is 1.94 bits per heavy atom. The van der Waals surface area contributed by atoms with Gasteiger partial charge in [-0.05, 0) is 19.4 Å². The molecule has 3 heteroatoms. The second-order valence-corrected chi connectivity index (χ2v) is 4.15. The van der Waals surface area contributed by atoms with Gasteiger partial charge in [-0.25, -0.2) is 4.79 Å². The average molecular weight is 220 g/mol. The van der Waals surface area contributed by atoms with Crippen LogP contribution in [0.2, 0.25) is 0 Å². The smallest absolute Gasteiger partial charge is 0.328 e. The van der Waals surface area contributed by atoms with Crippen LogP contribution in [0.15, 0.2) is 42.0 Å². The molecule has 0 saturated heterocycles. The zero-order valence-corrected chi connectivity index (χ0v) is 9.47. The highest BCUT2D eigenvalue weighted by molar-refractivity contribution is 5.80. The van der Waals surface area contributed by atoms with Crippen LogP contribution in [0.5, 0.6) is 0 Å². The fourth-order valence-electron chi connectivity index (χ4n) is 1.70. The summed E-state index contributed by atoms with van der Waals surface area (Å²) in [7, 11) is 0. The minimum absolute atomic E-state index is 0.309. The maximum atomic E-state index is 10.5. The van der Waals surface area contributed by atoms with Gasteiger partial charge in [0.25, 0.3) is 0 Å². The normalized spacial score (nSPS) is 15.6. The topological polar surface area (TPSA) is 57.5 Å². The van der Waals surface area contributed by atoms with Crippen LogP contribution in [-0.4, -0.2) is 16.2 Å². The highest BCUT2D eigenvalue weighted by Gasteiger charge is 2.23. The number of rotatable bonds is 4. The van der Waals surface area contributed by atoms with Gasteiger partial charge in [-0.15, -0.1) is 0 Å². The standard InChI is InChI=1S/C13H16O3/c1-10(8-12(14)15)9-13(2,16)11-6-4-3-5-7-11/h3-8,16H,9H2,1-2H3,(H,14,15)/b10-8-. The van der Waals surface area contributed by atoms with Gasteiger partial charge in [0.1, 0.15) is 0 Å². The van der Waals surface area contributed by atoms with Crippen molar-refractivity contribution >= 4 is 5.97 Å². The first kappa shape index (κ1) is 12.5. The number of carbonyl (C=O) groups is 1. The van der Waals surface area contributed by atoms with Gasteiger partial charge in [0.15, 0.2) is 0 Å². The van der Waals surface area contributed by atoms with Gasteiger partial charge in [-0.1, -0.05) is 35.9 Å². The molecule has 0 heterocycles. The number of aliphatic carboxylic acids is 1. The van der Waals surface area contributed by atoms with E-state index >= 15 is 0 Å². The molecular weight excluding hydrogens is 204 g/mol. The Kier molecular flexibility index (Phi) is 3.85. The molecule has 0 saturated carbocycles. The minimum atomic E-state index is -1.03. The molecule has 0 fully saturated rings. The largest absolute Gasteiger partial charge is 0.478 e. The Balaban J connectivity index is 2.84. The number of benzene rings is 1. The highest BCUT2D eigenvalue weighted by atomic mass is 16.4. The van der Waals surface area contributed by atoms with Crippen LogP contribution in [-0.2, 0) is 10.4 Å². The molecule has 1 unspecified atom stereocenters. The van der Waals surface area contributed by atoms with Gasteiger partial charge in [-0.2, -0.15) is 0 Å². The summed E-state index contributed by atoms with van der Waals surface area (Å²) < 4.78 is 0. The molecule has 86 valence electrons. The fraction of sp³-hybridized carbons (Fsp3) is 0.308. The lowest BCUT2D eigenvalue weighted by atomic mass is 9.89. The second kappa shape index (κ2) is 4.94. The third kappa shape index (κ3) is 3.51. The quantitative estimate of drug-likeness (QED) is 0.765. The molecular formula is C13H16O3. The third-order valence-corrected chi connectivity index (χ3v) is 2.39. The number of carboxylic acids is 1. The summed E-state index contributed by atoms with van der Waals surface area (Å²) in [5, 5.41) is 18.8. The Bertz CT molecular complexity index is 391. The molecule has 16 heavy (non-hydrogen) atoms. The molecule has 0 aromatic heterocycles. The summed E-state index contributed by atoms with van der Waals surface area (Å²) in [6, 6.07) is 9.22. The molecule has 1 aromatic rings. The summed E-state index contributed by atoms with van der Waals surface area (Å²) in [6.07, 6.45) is 1.43. The molecule has 0 aliphatic rings. The fourth-order valence-corrected chi connectivity index (χ4v) is 1.70. The molecule has 1 atom stereocenters. The van der Waals surface area contributed by atoms with Crippen molar-refractivity contribution < 1.29 is 15.0 Å². The van der Waals surface area contributed by atoms with E-state index in [4.69, 9.17) is 5.11 Å². The van der Waals surface area contributed by atoms with Crippen LogP contribution in [0.4, 0.5) is 0 Å². The van der Waals surface area contributed by atoms with E-state index in [0.717, 1.165) is 11.6 Å². The van der Waals surface area contributed by atoms with E-state index in [0.29, 0.717) is 12.0 Å². The molecule has 1 aromatic carbocycles. The van der Waals surface area contributed by atoms with E-state index in [9.17, 15) is 9.90 Å². The Labute approximate surface area is 95.0 Å². The maximum absolute atomic E-state index is 10.5. The van der Waals surface area contributed by atoms with Crippen molar-refractivity contribution in [2.24, 2.45) is 0 Å². The monoisotopic (exact) mass is 220 g/mol. The predicted octanol–water partition coefficient (Wildman–Crippen LogP) is 2.32. The second-order valence-electron chi connectivity index (χ2n) is 4.15. The molecule has 0 spiro atoms. The molecule has 2 N–H and O–H groups in total. The van der Waals surface area contributed by atoms with Gasteiger partial charge in [0, 0.05) is 12.5 Å². The van der Waals surface area contributed by atoms with Crippen molar-refractivity contribution in [2.75, 3.05) is 0 Å². The zero-order valence-electron chi connectivity index (χ0n) is 9.47. The van der Waals surface area contributed by atoms with E-state index in [1.54, 1.807) is 13.8 Å². The number of hydrogen-bond acceptors (Lipinski definition) is 2. The third-order valence-electron chi connectivity index (χ3n) is 2.39. The molecule has 0 bridgehead atoms. The number of aliphatic hydroxyl groups is 1. The van der Waals surface area contributed by atoms with Crippen LogP contribution >= 0.6 is 0 Å². The minimum Gasteiger partial charge on any atom is -0.478 e. The van der Waals surface area contributed by atoms with Crippen molar-refractivity contribution in [2.45, 2.75) is 25.9 Å². The lowest BCUT2D eigenvalue weighted by molar-refractivity contribution is -0.131. The zero-order chi connectivity index (χ0) is 12.2. The summed E-state index contributed by atoms with van der Waals surface area (Å²) in [5.74, 6) is -0.985. The van der Waals surface area contributed by atoms with Crippen LogP contribution < -0.4 is 0 Å². The summed E-state index contributed by atoms with van der Waals surface area (Å²) in [5.41, 5.74) is 0.395. The number of carboxylic acid groups (broad SMARTS) is 1. The van der Waals surface area contributed by atoms with Crippen molar-refractivity contribution in [3.05, 3.63) is 47.5 Å². The molecule has 0 aliphatic carbocycles. The van der Waals surface area contributed by atoms with Crippen molar-refractivity contribution in [3.63, 3.8) is 0 Å².